The first kappa shape index (κ1) is 11.5. The Bertz CT molecular complexity index is 363. The maximum atomic E-state index is 10.8. The van der Waals surface area contributed by atoms with Crippen molar-refractivity contribution in [3.05, 3.63) is 23.9 Å². The van der Waals surface area contributed by atoms with E-state index in [9.17, 15) is 4.79 Å². The van der Waals surface area contributed by atoms with Crippen LogP contribution in [-0.2, 0) is 0 Å². The third-order valence-electron chi connectivity index (χ3n) is 1.87. The number of nitrogens with zero attached hydrogens (tertiary/aromatic N) is 1. The Balaban J connectivity index is 2.99. The summed E-state index contributed by atoms with van der Waals surface area (Å²) in [7, 11) is 0. The predicted molar refractivity (Wildman–Crippen MR) is 55.0 cm³/mol. The van der Waals surface area contributed by atoms with E-state index in [0.29, 0.717) is 0 Å². The van der Waals surface area contributed by atoms with Gasteiger partial charge in [0.1, 0.15) is 11.2 Å². The molecule has 1 heterocycles. The molecule has 1 aromatic rings. The fraction of sp³-hybridized carbons (Fsp3) is 0.400. The van der Waals surface area contributed by atoms with Crippen LogP contribution in [0.2, 0.25) is 0 Å². The molecule has 5 heteroatoms. The second kappa shape index (κ2) is 4.27. The van der Waals surface area contributed by atoms with Gasteiger partial charge in [-0.05, 0) is 26.0 Å². The third-order valence-corrected chi connectivity index (χ3v) is 1.87. The minimum absolute atomic E-state index is 0.0408. The van der Waals surface area contributed by atoms with Gasteiger partial charge in [0.15, 0.2) is 0 Å². The highest BCUT2D eigenvalue weighted by molar-refractivity contribution is 5.90. The molecule has 15 heavy (non-hydrogen) atoms. The molecule has 0 spiro atoms. The number of ether oxygens (including phenoxy) is 1. The van der Waals surface area contributed by atoms with Crippen LogP contribution in [0, 0.1) is 0 Å². The van der Waals surface area contributed by atoms with Crippen molar-refractivity contribution in [2.75, 3.05) is 6.54 Å². The topological polar surface area (TPSA) is 85.4 Å². The smallest absolute Gasteiger partial charge is 0.341 e. The lowest BCUT2D eigenvalue weighted by Crippen LogP contribution is -2.37. The van der Waals surface area contributed by atoms with Gasteiger partial charge in [-0.2, -0.15) is 0 Å². The number of pyridine rings is 1. The molecule has 0 saturated heterocycles. The summed E-state index contributed by atoms with van der Waals surface area (Å²) in [5, 5.41) is 8.88. The van der Waals surface area contributed by atoms with Gasteiger partial charge >= 0.3 is 5.97 Å². The summed E-state index contributed by atoms with van der Waals surface area (Å²) in [6.45, 7) is 3.82. The van der Waals surface area contributed by atoms with E-state index in [2.05, 4.69) is 4.98 Å². The van der Waals surface area contributed by atoms with E-state index in [-0.39, 0.29) is 18.0 Å². The van der Waals surface area contributed by atoms with Crippen LogP contribution in [0.5, 0.6) is 5.88 Å². The van der Waals surface area contributed by atoms with E-state index < -0.39 is 11.6 Å². The summed E-state index contributed by atoms with van der Waals surface area (Å²) in [6.07, 6.45) is 1.48. The highest BCUT2D eigenvalue weighted by atomic mass is 16.5. The Labute approximate surface area is 87.9 Å². The maximum Gasteiger partial charge on any atom is 0.341 e. The molecule has 0 aliphatic carbocycles. The molecular weight excluding hydrogens is 196 g/mol. The molecule has 0 fully saturated rings. The van der Waals surface area contributed by atoms with E-state index in [1.165, 1.54) is 12.3 Å². The average molecular weight is 210 g/mol. The Morgan fingerprint density at radius 1 is 1.67 bits per heavy atom. The van der Waals surface area contributed by atoms with Crippen molar-refractivity contribution in [3.8, 4) is 5.88 Å². The largest absolute Gasteiger partial charge is 0.477 e. The van der Waals surface area contributed by atoms with Gasteiger partial charge < -0.3 is 15.6 Å². The maximum absolute atomic E-state index is 10.8. The fourth-order valence-electron chi connectivity index (χ4n) is 0.938. The Hall–Kier alpha value is -1.62. The number of nitrogens with two attached hydrogens (primary N) is 1. The number of carboxylic acids is 1. The van der Waals surface area contributed by atoms with E-state index in [0.717, 1.165) is 0 Å². The first-order valence-electron chi connectivity index (χ1n) is 4.53. The SMILES string of the molecule is CC(C)(CN)Oc1ncccc1C(=O)O. The first-order valence-corrected chi connectivity index (χ1v) is 4.53. The summed E-state index contributed by atoms with van der Waals surface area (Å²) in [6, 6.07) is 2.99. The van der Waals surface area contributed by atoms with E-state index in [1.807, 2.05) is 0 Å². The molecule has 82 valence electrons. The van der Waals surface area contributed by atoms with Crippen LogP contribution in [0.3, 0.4) is 0 Å². The monoisotopic (exact) mass is 210 g/mol. The zero-order valence-electron chi connectivity index (χ0n) is 8.73. The minimum Gasteiger partial charge on any atom is -0.477 e. The number of hydrogen-bond donors (Lipinski definition) is 2. The summed E-state index contributed by atoms with van der Waals surface area (Å²) in [5.41, 5.74) is 4.89. The lowest BCUT2D eigenvalue weighted by atomic mass is 10.1. The summed E-state index contributed by atoms with van der Waals surface area (Å²) in [5.74, 6) is -0.966. The minimum atomic E-state index is -1.06. The second-order valence-electron chi connectivity index (χ2n) is 3.73. The summed E-state index contributed by atoms with van der Waals surface area (Å²) < 4.78 is 5.43. The van der Waals surface area contributed by atoms with Gasteiger partial charge in [0, 0.05) is 12.7 Å². The summed E-state index contributed by atoms with van der Waals surface area (Å²) in [4.78, 5) is 14.7. The molecule has 0 aliphatic heterocycles. The molecule has 5 nitrogen and oxygen atoms in total. The Morgan fingerprint density at radius 3 is 2.87 bits per heavy atom. The molecular formula is C10H14N2O3. The zero-order chi connectivity index (χ0) is 11.5. The second-order valence-corrected chi connectivity index (χ2v) is 3.73. The molecule has 0 saturated carbocycles. The molecule has 0 unspecified atom stereocenters. The van der Waals surface area contributed by atoms with Crippen molar-refractivity contribution < 1.29 is 14.6 Å². The summed E-state index contributed by atoms with van der Waals surface area (Å²) >= 11 is 0. The molecule has 0 amide bonds. The first-order chi connectivity index (χ1) is 6.96. The number of aromatic nitrogens is 1. The number of rotatable bonds is 4. The quantitative estimate of drug-likeness (QED) is 0.771. The normalized spacial score (nSPS) is 11.1. The van der Waals surface area contributed by atoms with Crippen molar-refractivity contribution in [1.82, 2.24) is 4.98 Å². The molecule has 3 N–H and O–H groups in total. The number of carbonyl (C=O) groups is 1. The standard InChI is InChI=1S/C10H14N2O3/c1-10(2,6-11)15-8-7(9(13)14)4-3-5-12-8/h3-5H,6,11H2,1-2H3,(H,13,14). The number of aromatic carboxylic acids is 1. The van der Waals surface area contributed by atoms with Crippen LogP contribution >= 0.6 is 0 Å². The fourth-order valence-corrected chi connectivity index (χ4v) is 0.938. The van der Waals surface area contributed by atoms with E-state index >= 15 is 0 Å². The van der Waals surface area contributed by atoms with Crippen LogP contribution < -0.4 is 10.5 Å². The predicted octanol–water partition coefficient (Wildman–Crippen LogP) is 0.896. The van der Waals surface area contributed by atoms with Crippen molar-refractivity contribution in [2.45, 2.75) is 19.4 Å². The van der Waals surface area contributed by atoms with Crippen molar-refractivity contribution in [3.63, 3.8) is 0 Å². The average Bonchev–Trinajstić information content (AvgIpc) is 2.18. The van der Waals surface area contributed by atoms with Crippen LogP contribution in [0.1, 0.15) is 24.2 Å². The molecule has 1 aromatic heterocycles. The highest BCUT2D eigenvalue weighted by Crippen LogP contribution is 2.19. The van der Waals surface area contributed by atoms with Crippen molar-refractivity contribution >= 4 is 5.97 Å². The van der Waals surface area contributed by atoms with E-state index in [4.69, 9.17) is 15.6 Å². The van der Waals surface area contributed by atoms with Gasteiger partial charge in [-0.1, -0.05) is 0 Å². The highest BCUT2D eigenvalue weighted by Gasteiger charge is 2.21. The van der Waals surface area contributed by atoms with Gasteiger partial charge in [-0.25, -0.2) is 9.78 Å². The van der Waals surface area contributed by atoms with Crippen LogP contribution in [0.15, 0.2) is 18.3 Å². The molecule has 0 aromatic carbocycles. The van der Waals surface area contributed by atoms with Gasteiger partial charge in [0.05, 0.1) is 0 Å². The van der Waals surface area contributed by atoms with Crippen LogP contribution in [0.4, 0.5) is 0 Å². The van der Waals surface area contributed by atoms with Gasteiger partial charge in [0.25, 0.3) is 0 Å². The van der Waals surface area contributed by atoms with E-state index in [1.54, 1.807) is 19.9 Å². The van der Waals surface area contributed by atoms with Crippen molar-refractivity contribution in [2.24, 2.45) is 5.73 Å². The molecule has 0 atom stereocenters. The lowest BCUT2D eigenvalue weighted by Gasteiger charge is -2.24. The molecule has 0 aliphatic rings. The van der Waals surface area contributed by atoms with Crippen molar-refractivity contribution in [1.29, 1.82) is 0 Å². The number of carboxylic acid groups (broad SMARTS) is 1. The Kier molecular flexibility index (Phi) is 3.26. The van der Waals surface area contributed by atoms with Gasteiger partial charge in [-0.3, -0.25) is 0 Å². The number of hydrogen-bond acceptors (Lipinski definition) is 4. The van der Waals surface area contributed by atoms with Crippen LogP contribution in [-0.4, -0.2) is 28.2 Å². The third kappa shape index (κ3) is 2.92. The molecule has 0 bridgehead atoms. The van der Waals surface area contributed by atoms with Crippen LogP contribution in [0.25, 0.3) is 0 Å². The Morgan fingerprint density at radius 2 is 2.33 bits per heavy atom. The zero-order valence-corrected chi connectivity index (χ0v) is 8.73. The lowest BCUT2D eigenvalue weighted by molar-refractivity contribution is 0.0672. The molecule has 0 radical (unpaired) electrons. The van der Waals surface area contributed by atoms with Gasteiger partial charge in [0.2, 0.25) is 5.88 Å². The molecule has 1 rings (SSSR count). The van der Waals surface area contributed by atoms with Gasteiger partial charge in [-0.15, -0.1) is 0 Å².